The molecule has 9 nitrogen and oxygen atoms in total. The summed E-state index contributed by atoms with van der Waals surface area (Å²) >= 11 is 0. The van der Waals surface area contributed by atoms with Gasteiger partial charge in [-0.3, -0.25) is 14.4 Å². The summed E-state index contributed by atoms with van der Waals surface area (Å²) in [5.41, 5.74) is 8.02. The molecule has 4 N–H and O–H groups in total. The molecule has 0 unspecified atom stereocenters. The van der Waals surface area contributed by atoms with Crippen LogP contribution in [-0.2, 0) is 9.59 Å². The molecule has 3 aromatic rings. The molecule has 0 bridgehead atoms. The van der Waals surface area contributed by atoms with Crippen molar-refractivity contribution in [1.29, 1.82) is 0 Å². The van der Waals surface area contributed by atoms with Crippen LogP contribution in [0.2, 0.25) is 0 Å². The van der Waals surface area contributed by atoms with Gasteiger partial charge in [-0.2, -0.15) is 0 Å². The minimum atomic E-state index is -0.851. The summed E-state index contributed by atoms with van der Waals surface area (Å²) in [7, 11) is 0. The molecule has 1 aromatic carbocycles. The maximum atomic E-state index is 13.1. The molecule has 1 aliphatic heterocycles. The second kappa shape index (κ2) is 7.94. The number of aromatic nitrogens is 3. The number of imidazole rings is 1. The van der Waals surface area contributed by atoms with Gasteiger partial charge in [0, 0.05) is 12.7 Å². The predicted molar refractivity (Wildman–Crippen MR) is 110 cm³/mol. The van der Waals surface area contributed by atoms with Crippen molar-refractivity contribution in [3.05, 3.63) is 54.0 Å². The van der Waals surface area contributed by atoms with E-state index < -0.39 is 17.7 Å². The van der Waals surface area contributed by atoms with Crippen molar-refractivity contribution >= 4 is 34.6 Å². The van der Waals surface area contributed by atoms with Gasteiger partial charge in [0.15, 0.2) is 0 Å². The number of nitrogens with zero attached hydrogens (tertiary/aromatic N) is 3. The van der Waals surface area contributed by atoms with Crippen LogP contribution in [0.1, 0.15) is 41.7 Å². The Balaban J connectivity index is 1.59. The first kappa shape index (κ1) is 19.6. The van der Waals surface area contributed by atoms with E-state index in [0.29, 0.717) is 6.54 Å². The average Bonchev–Trinajstić information content (AvgIpc) is 3.21. The molecule has 3 amide bonds. The molecule has 0 aliphatic carbocycles. The summed E-state index contributed by atoms with van der Waals surface area (Å²) in [4.78, 5) is 50.3. The predicted octanol–water partition coefficient (Wildman–Crippen LogP) is 2.00. The molecule has 1 fully saturated rings. The Kier molecular flexibility index (Phi) is 5.18. The maximum Gasteiger partial charge on any atom is 0.315 e. The van der Waals surface area contributed by atoms with Crippen molar-refractivity contribution in [3.63, 3.8) is 0 Å². The first-order chi connectivity index (χ1) is 14.4. The van der Waals surface area contributed by atoms with Gasteiger partial charge >= 0.3 is 11.8 Å². The monoisotopic (exact) mass is 406 g/mol. The van der Waals surface area contributed by atoms with Gasteiger partial charge in [-0.25, -0.2) is 9.97 Å². The van der Waals surface area contributed by atoms with Gasteiger partial charge < -0.3 is 20.9 Å². The van der Waals surface area contributed by atoms with Crippen LogP contribution < -0.4 is 11.1 Å². The third-order valence-electron chi connectivity index (χ3n) is 5.41. The number of anilines is 1. The highest BCUT2D eigenvalue weighted by atomic mass is 16.2. The van der Waals surface area contributed by atoms with Gasteiger partial charge in [-0.15, -0.1) is 0 Å². The van der Waals surface area contributed by atoms with Crippen molar-refractivity contribution in [3.8, 4) is 0 Å². The summed E-state index contributed by atoms with van der Waals surface area (Å²) in [6, 6.07) is 8.55. The number of hydrogen-bond donors (Lipinski definition) is 3. The molecule has 2 atom stereocenters. The minimum Gasteiger partial charge on any atom is -0.365 e. The van der Waals surface area contributed by atoms with E-state index in [0.717, 1.165) is 29.4 Å². The fourth-order valence-electron chi connectivity index (χ4n) is 3.87. The van der Waals surface area contributed by atoms with E-state index in [1.165, 1.54) is 18.3 Å². The molecule has 1 aliphatic rings. The number of piperidine rings is 1. The zero-order valence-electron chi connectivity index (χ0n) is 16.5. The number of nitrogens with two attached hydrogens (primary N) is 1. The number of pyridine rings is 1. The van der Waals surface area contributed by atoms with Crippen LogP contribution in [-0.4, -0.2) is 44.1 Å². The number of carbonyl (C=O) groups excluding carboxylic acids is 3. The molecule has 30 heavy (non-hydrogen) atoms. The van der Waals surface area contributed by atoms with E-state index in [9.17, 15) is 14.4 Å². The number of rotatable bonds is 3. The van der Waals surface area contributed by atoms with Crippen molar-refractivity contribution in [1.82, 2.24) is 19.9 Å². The molecular weight excluding hydrogens is 384 g/mol. The number of H-pyrrole nitrogens is 1. The first-order valence-electron chi connectivity index (χ1n) is 9.74. The standard InChI is InChI=1S/C21H22N6O3/c1-12-4-7-17(13-5-6-15-16(9-13)25-11-24-15)27(10-12)21(30)20(29)26-19-14(18(22)28)3-2-8-23-19/h2-3,5-6,8-9,11-12,17H,4,7,10H2,1H3,(H2,22,28)(H,24,25)(H,23,26,29)/t12-,17+/m0/s1. The topological polar surface area (TPSA) is 134 Å². The Labute approximate surface area is 172 Å². The zero-order valence-corrected chi connectivity index (χ0v) is 16.5. The number of primary amides is 1. The molecular formula is C21H22N6O3. The van der Waals surface area contributed by atoms with Gasteiger partial charge in [-0.05, 0) is 48.6 Å². The summed E-state index contributed by atoms with van der Waals surface area (Å²) in [5.74, 6) is -2.01. The quantitative estimate of drug-likeness (QED) is 0.572. The van der Waals surface area contributed by atoms with E-state index >= 15 is 0 Å². The van der Waals surface area contributed by atoms with E-state index in [1.807, 2.05) is 18.2 Å². The van der Waals surface area contributed by atoms with Crippen LogP contribution in [0.25, 0.3) is 11.0 Å². The Morgan fingerprint density at radius 1 is 1.20 bits per heavy atom. The number of likely N-dealkylation sites (tertiary alicyclic amines) is 1. The Hall–Kier alpha value is -3.75. The number of hydrogen-bond acceptors (Lipinski definition) is 5. The number of nitrogens with one attached hydrogen (secondary N) is 2. The highest BCUT2D eigenvalue weighted by molar-refractivity contribution is 6.39. The number of carbonyl (C=O) groups is 3. The zero-order chi connectivity index (χ0) is 21.3. The molecule has 3 heterocycles. The van der Waals surface area contributed by atoms with E-state index in [-0.39, 0.29) is 23.3 Å². The summed E-state index contributed by atoms with van der Waals surface area (Å²) in [6.07, 6.45) is 4.72. The minimum absolute atomic E-state index is 0.0251. The molecule has 2 aromatic heterocycles. The van der Waals surface area contributed by atoms with Crippen molar-refractivity contribution in [2.45, 2.75) is 25.8 Å². The molecule has 0 spiro atoms. The lowest BCUT2D eigenvalue weighted by atomic mass is 9.89. The lowest BCUT2D eigenvalue weighted by molar-refractivity contribution is -0.146. The second-order valence-corrected chi connectivity index (χ2v) is 7.55. The second-order valence-electron chi connectivity index (χ2n) is 7.55. The van der Waals surface area contributed by atoms with E-state index in [2.05, 4.69) is 27.2 Å². The maximum absolute atomic E-state index is 13.1. The van der Waals surface area contributed by atoms with Gasteiger partial charge in [0.2, 0.25) is 0 Å². The smallest absolute Gasteiger partial charge is 0.315 e. The van der Waals surface area contributed by atoms with Crippen LogP contribution in [0, 0.1) is 5.92 Å². The highest BCUT2D eigenvalue weighted by Crippen LogP contribution is 2.34. The third kappa shape index (κ3) is 3.73. The molecule has 4 rings (SSSR count). The normalized spacial score (nSPS) is 18.9. The number of amides is 3. The lowest BCUT2D eigenvalue weighted by Crippen LogP contribution is -2.46. The fraction of sp³-hybridized carbons (Fsp3) is 0.286. The summed E-state index contributed by atoms with van der Waals surface area (Å²) in [6.45, 7) is 2.51. The fourth-order valence-corrected chi connectivity index (χ4v) is 3.87. The Bertz CT molecular complexity index is 1120. The first-order valence-corrected chi connectivity index (χ1v) is 9.74. The number of fused-ring (bicyclic) bond motifs is 1. The highest BCUT2D eigenvalue weighted by Gasteiger charge is 2.34. The molecule has 0 saturated carbocycles. The van der Waals surface area contributed by atoms with Gasteiger partial charge in [0.1, 0.15) is 5.82 Å². The van der Waals surface area contributed by atoms with Crippen LogP contribution in [0.5, 0.6) is 0 Å². The van der Waals surface area contributed by atoms with Crippen molar-refractivity contribution in [2.24, 2.45) is 11.7 Å². The van der Waals surface area contributed by atoms with Crippen molar-refractivity contribution in [2.75, 3.05) is 11.9 Å². The summed E-state index contributed by atoms with van der Waals surface area (Å²) < 4.78 is 0. The average molecular weight is 406 g/mol. The molecule has 9 heteroatoms. The largest absolute Gasteiger partial charge is 0.365 e. The Morgan fingerprint density at radius 2 is 2.03 bits per heavy atom. The van der Waals surface area contributed by atoms with Crippen LogP contribution in [0.3, 0.4) is 0 Å². The van der Waals surface area contributed by atoms with Gasteiger partial charge in [-0.1, -0.05) is 13.0 Å². The van der Waals surface area contributed by atoms with Gasteiger partial charge in [0.25, 0.3) is 5.91 Å². The third-order valence-corrected chi connectivity index (χ3v) is 5.41. The molecule has 0 radical (unpaired) electrons. The SMILES string of the molecule is C[C@H]1CC[C@H](c2ccc3[nH]cnc3c2)N(C(=O)C(=O)Nc2ncccc2C(N)=O)C1. The van der Waals surface area contributed by atoms with Crippen LogP contribution in [0.4, 0.5) is 5.82 Å². The molecule has 1 saturated heterocycles. The van der Waals surface area contributed by atoms with Gasteiger partial charge in [0.05, 0.1) is 29.0 Å². The van der Waals surface area contributed by atoms with Crippen molar-refractivity contribution < 1.29 is 14.4 Å². The Morgan fingerprint density at radius 3 is 2.83 bits per heavy atom. The van der Waals surface area contributed by atoms with E-state index in [4.69, 9.17) is 5.73 Å². The van der Waals surface area contributed by atoms with Crippen LogP contribution in [0.15, 0.2) is 42.9 Å². The lowest BCUT2D eigenvalue weighted by Gasteiger charge is -2.38. The number of benzene rings is 1. The molecule has 154 valence electrons. The summed E-state index contributed by atoms with van der Waals surface area (Å²) in [5, 5.41) is 2.44. The van der Waals surface area contributed by atoms with Crippen LogP contribution >= 0.6 is 0 Å². The van der Waals surface area contributed by atoms with E-state index in [1.54, 1.807) is 11.2 Å². The number of aromatic amines is 1.